The Hall–Kier alpha value is -2.83. The lowest BCUT2D eigenvalue weighted by Gasteiger charge is -2.30. The number of hydrogen-bond acceptors (Lipinski definition) is 2. The number of halogens is 1. The molecule has 1 aromatic heterocycles. The average molecular weight is 330 g/mol. The minimum atomic E-state index is -0.534. The number of carbonyl (C=O) groups excluding carboxylic acids is 2. The zero-order valence-corrected chi connectivity index (χ0v) is 13.1. The van der Waals surface area contributed by atoms with Crippen molar-refractivity contribution in [3.8, 4) is 5.69 Å². The lowest BCUT2D eigenvalue weighted by Crippen LogP contribution is -2.46. The fourth-order valence-electron chi connectivity index (χ4n) is 2.90. The summed E-state index contributed by atoms with van der Waals surface area (Å²) in [6.07, 6.45) is 5.02. The van der Waals surface area contributed by atoms with Crippen molar-refractivity contribution in [2.24, 2.45) is 11.7 Å². The van der Waals surface area contributed by atoms with Crippen molar-refractivity contribution in [3.63, 3.8) is 0 Å². The van der Waals surface area contributed by atoms with Crippen LogP contribution in [-0.2, 0) is 4.79 Å². The van der Waals surface area contributed by atoms with E-state index in [1.807, 2.05) is 29.1 Å². The second-order valence-corrected chi connectivity index (χ2v) is 5.87. The molecule has 0 saturated carbocycles. The molecule has 2 heterocycles. The van der Waals surface area contributed by atoms with Crippen LogP contribution in [0.15, 0.2) is 42.7 Å². The van der Waals surface area contributed by atoms with Crippen LogP contribution >= 0.6 is 0 Å². The van der Waals surface area contributed by atoms with E-state index in [0.717, 1.165) is 5.69 Å². The molecule has 1 aliphatic rings. The molecule has 6 nitrogen and oxygen atoms in total. The molecule has 1 saturated heterocycles. The Kier molecular flexibility index (Phi) is 4.50. The Bertz CT molecular complexity index is 745. The van der Waals surface area contributed by atoms with E-state index in [1.54, 1.807) is 12.1 Å². The lowest BCUT2D eigenvalue weighted by molar-refractivity contribution is -0.121. The molecule has 1 atom stereocenters. The number of nitrogens with one attached hydrogen (secondary N) is 1. The van der Waals surface area contributed by atoms with Crippen molar-refractivity contribution in [2.45, 2.75) is 12.8 Å². The quantitative estimate of drug-likeness (QED) is 0.906. The molecule has 0 radical (unpaired) electrons. The molecule has 1 fully saturated rings. The van der Waals surface area contributed by atoms with Crippen LogP contribution in [0.5, 0.6) is 0 Å². The zero-order valence-electron chi connectivity index (χ0n) is 13.1. The van der Waals surface area contributed by atoms with Gasteiger partial charge in [0.2, 0.25) is 5.91 Å². The number of aromatic nitrogens is 1. The maximum Gasteiger partial charge on any atom is 0.314 e. The summed E-state index contributed by atoms with van der Waals surface area (Å²) in [6, 6.07) is 7.74. The number of likely N-dealkylation sites (tertiary alicyclic amines) is 1. The third-order valence-electron chi connectivity index (χ3n) is 4.21. The van der Waals surface area contributed by atoms with E-state index >= 15 is 0 Å². The van der Waals surface area contributed by atoms with Crippen LogP contribution in [0.1, 0.15) is 12.8 Å². The minimum absolute atomic E-state index is 0.127. The van der Waals surface area contributed by atoms with Gasteiger partial charge in [-0.1, -0.05) is 0 Å². The molecule has 0 spiro atoms. The largest absolute Gasteiger partial charge is 0.351 e. The third kappa shape index (κ3) is 3.40. The smallest absolute Gasteiger partial charge is 0.314 e. The van der Waals surface area contributed by atoms with Crippen molar-refractivity contribution in [1.82, 2.24) is 9.47 Å². The maximum absolute atomic E-state index is 14.0. The number of hydrogen-bond donors (Lipinski definition) is 2. The van der Waals surface area contributed by atoms with Gasteiger partial charge in [-0.05, 0) is 43.2 Å². The zero-order chi connectivity index (χ0) is 17.1. The number of rotatable bonds is 3. The van der Waals surface area contributed by atoms with Gasteiger partial charge in [-0.15, -0.1) is 0 Å². The average Bonchev–Trinajstić information content (AvgIpc) is 3.11. The molecule has 3 amide bonds. The maximum atomic E-state index is 14.0. The van der Waals surface area contributed by atoms with Crippen LogP contribution < -0.4 is 11.1 Å². The van der Waals surface area contributed by atoms with E-state index in [1.165, 1.54) is 11.0 Å². The summed E-state index contributed by atoms with van der Waals surface area (Å²) in [5.74, 6) is -1.19. The molecular weight excluding hydrogens is 311 g/mol. The first-order valence-electron chi connectivity index (χ1n) is 7.83. The Balaban J connectivity index is 1.74. The highest BCUT2D eigenvalue weighted by atomic mass is 19.1. The van der Waals surface area contributed by atoms with Gasteiger partial charge in [-0.2, -0.15) is 0 Å². The first kappa shape index (κ1) is 16.0. The summed E-state index contributed by atoms with van der Waals surface area (Å²) >= 11 is 0. The highest BCUT2D eigenvalue weighted by Gasteiger charge is 2.27. The predicted octanol–water partition coefficient (Wildman–Crippen LogP) is 2.35. The summed E-state index contributed by atoms with van der Waals surface area (Å²) in [5, 5.41) is 2.64. The van der Waals surface area contributed by atoms with E-state index in [4.69, 9.17) is 5.73 Å². The van der Waals surface area contributed by atoms with Gasteiger partial charge in [-0.25, -0.2) is 9.18 Å². The van der Waals surface area contributed by atoms with E-state index in [9.17, 15) is 14.0 Å². The second-order valence-electron chi connectivity index (χ2n) is 5.87. The number of nitrogens with zero attached hydrogens (tertiary/aromatic N) is 2. The Labute approximate surface area is 139 Å². The monoisotopic (exact) mass is 330 g/mol. The summed E-state index contributed by atoms with van der Waals surface area (Å²) in [6.45, 7) is 0.816. The lowest BCUT2D eigenvalue weighted by atomic mass is 9.97. The number of nitrogens with two attached hydrogens (primary N) is 1. The molecule has 126 valence electrons. The fraction of sp³-hybridized carbons (Fsp3) is 0.294. The molecule has 7 heteroatoms. The fourth-order valence-corrected chi connectivity index (χ4v) is 2.90. The number of primary amides is 1. The molecule has 1 aromatic carbocycles. The summed E-state index contributed by atoms with van der Waals surface area (Å²) in [4.78, 5) is 25.1. The number of urea groups is 1. The first-order chi connectivity index (χ1) is 11.5. The van der Waals surface area contributed by atoms with Crippen molar-refractivity contribution < 1.29 is 14.0 Å². The summed E-state index contributed by atoms with van der Waals surface area (Å²) < 4.78 is 15.9. The SMILES string of the molecule is NC(=O)N1CCCC(C(=O)Nc2cc(-n3cccc3)ccc2F)C1. The summed E-state index contributed by atoms with van der Waals surface area (Å²) in [5.41, 5.74) is 6.15. The van der Waals surface area contributed by atoms with Crippen LogP contribution in [0.3, 0.4) is 0 Å². The molecule has 1 aliphatic heterocycles. The normalized spacial score (nSPS) is 17.5. The minimum Gasteiger partial charge on any atom is -0.351 e. The van der Waals surface area contributed by atoms with Gasteiger partial charge in [0, 0.05) is 31.2 Å². The molecule has 24 heavy (non-hydrogen) atoms. The molecule has 3 N–H and O–H groups in total. The van der Waals surface area contributed by atoms with Crippen molar-refractivity contribution in [1.29, 1.82) is 0 Å². The van der Waals surface area contributed by atoms with Gasteiger partial charge in [0.25, 0.3) is 0 Å². The molecule has 1 unspecified atom stereocenters. The van der Waals surface area contributed by atoms with Crippen molar-refractivity contribution in [2.75, 3.05) is 18.4 Å². The van der Waals surface area contributed by atoms with Crippen LogP contribution in [0.25, 0.3) is 5.69 Å². The van der Waals surface area contributed by atoms with Gasteiger partial charge in [0.1, 0.15) is 5.82 Å². The summed E-state index contributed by atoms with van der Waals surface area (Å²) in [7, 11) is 0. The topological polar surface area (TPSA) is 80.4 Å². The van der Waals surface area contributed by atoms with Crippen LogP contribution in [0.2, 0.25) is 0 Å². The number of anilines is 1. The number of carbonyl (C=O) groups is 2. The first-order valence-corrected chi connectivity index (χ1v) is 7.83. The van der Waals surface area contributed by atoms with E-state index < -0.39 is 11.8 Å². The predicted molar refractivity (Wildman–Crippen MR) is 88.2 cm³/mol. The van der Waals surface area contributed by atoms with E-state index in [2.05, 4.69) is 5.32 Å². The molecule has 0 aliphatic carbocycles. The number of piperidine rings is 1. The Morgan fingerprint density at radius 3 is 2.71 bits per heavy atom. The van der Waals surface area contributed by atoms with Crippen LogP contribution in [0, 0.1) is 11.7 Å². The highest BCUT2D eigenvalue weighted by molar-refractivity contribution is 5.93. The van der Waals surface area contributed by atoms with Crippen LogP contribution in [-0.4, -0.2) is 34.5 Å². The number of amides is 3. The van der Waals surface area contributed by atoms with Gasteiger partial charge in [0.15, 0.2) is 0 Å². The Morgan fingerprint density at radius 1 is 1.25 bits per heavy atom. The highest BCUT2D eigenvalue weighted by Crippen LogP contribution is 2.22. The van der Waals surface area contributed by atoms with Gasteiger partial charge >= 0.3 is 6.03 Å². The molecular formula is C17H19FN4O2. The third-order valence-corrected chi connectivity index (χ3v) is 4.21. The van der Waals surface area contributed by atoms with Crippen molar-refractivity contribution >= 4 is 17.6 Å². The standard InChI is InChI=1S/C17H19FN4O2/c18-14-6-5-13(21-7-1-2-8-21)10-15(14)20-16(23)12-4-3-9-22(11-12)17(19)24/h1-2,5-8,10,12H,3-4,9,11H2,(H2,19,24)(H,20,23). The van der Waals surface area contributed by atoms with Crippen molar-refractivity contribution in [3.05, 3.63) is 48.5 Å². The van der Waals surface area contributed by atoms with Gasteiger partial charge in [-0.3, -0.25) is 4.79 Å². The van der Waals surface area contributed by atoms with Crippen LogP contribution in [0.4, 0.5) is 14.9 Å². The second kappa shape index (κ2) is 6.74. The van der Waals surface area contributed by atoms with E-state index in [0.29, 0.717) is 19.4 Å². The molecule has 3 rings (SSSR count). The van der Waals surface area contributed by atoms with Gasteiger partial charge in [0.05, 0.1) is 11.6 Å². The van der Waals surface area contributed by atoms with E-state index in [-0.39, 0.29) is 24.1 Å². The number of benzene rings is 1. The Morgan fingerprint density at radius 2 is 2.00 bits per heavy atom. The van der Waals surface area contributed by atoms with Gasteiger partial charge < -0.3 is 20.5 Å². The molecule has 2 aromatic rings. The molecule has 0 bridgehead atoms.